The molecule has 15 rings (SSSR count). The number of hydrogen-bond acceptors (Lipinski definition) is 2. The van der Waals surface area contributed by atoms with Crippen LogP contribution in [0.3, 0.4) is 0 Å². The molecule has 3 aliphatic carbocycles. The zero-order valence-corrected chi connectivity index (χ0v) is 40.0. The van der Waals surface area contributed by atoms with Gasteiger partial charge < -0.3 is 9.32 Å². The van der Waals surface area contributed by atoms with Crippen molar-refractivity contribution in [2.24, 2.45) is 0 Å². The molecule has 0 N–H and O–H groups in total. The Labute approximate surface area is 419 Å². The zero-order chi connectivity index (χ0) is 47.7. The third kappa shape index (κ3) is 5.61. The normalized spacial score (nSPS) is 13.9. The van der Waals surface area contributed by atoms with Gasteiger partial charge >= 0.3 is 0 Å². The smallest absolute Gasteiger partial charge is 0.143 e. The van der Waals surface area contributed by atoms with E-state index in [0.29, 0.717) is 0 Å². The maximum Gasteiger partial charge on any atom is 0.143 e. The molecule has 0 amide bonds. The van der Waals surface area contributed by atoms with Gasteiger partial charge in [-0.15, -0.1) is 0 Å². The first-order valence-electron chi connectivity index (χ1n) is 25.2. The molecule has 0 saturated carbocycles. The van der Waals surface area contributed by atoms with Crippen molar-refractivity contribution in [2.45, 2.75) is 24.7 Å². The Morgan fingerprint density at radius 2 is 0.833 bits per heavy atom. The van der Waals surface area contributed by atoms with Crippen molar-refractivity contribution in [3.05, 3.63) is 282 Å². The SMILES string of the molecule is CC1(C)c2cc(-c3ccccc3)ccc2-c2ccc(N(c3ccc(-c4cccc5c4oc4ccccc45)cc3)c3ccccc3-c3cccc4c3-c3ccccc3C43c4ccccc4-c4ccccc43)cc21. The van der Waals surface area contributed by atoms with Crippen molar-refractivity contribution in [3.63, 3.8) is 0 Å². The average Bonchev–Trinajstić information content (AvgIpc) is 4.14. The summed E-state index contributed by atoms with van der Waals surface area (Å²) in [7, 11) is 0. The number of fused-ring (bicyclic) bond motifs is 16. The average molecular weight is 918 g/mol. The first kappa shape index (κ1) is 40.9. The highest BCUT2D eigenvalue weighted by Crippen LogP contribution is 2.64. The molecule has 2 heteroatoms. The molecule has 0 aliphatic heterocycles. The van der Waals surface area contributed by atoms with Crippen molar-refractivity contribution >= 4 is 39.0 Å². The first-order valence-corrected chi connectivity index (χ1v) is 25.2. The summed E-state index contributed by atoms with van der Waals surface area (Å²) < 4.78 is 6.57. The van der Waals surface area contributed by atoms with E-state index in [1.807, 2.05) is 6.07 Å². The summed E-state index contributed by atoms with van der Waals surface area (Å²) in [6.45, 7) is 4.78. The van der Waals surface area contributed by atoms with Gasteiger partial charge in [0.25, 0.3) is 0 Å². The molecule has 3 aliphatic rings. The fourth-order valence-corrected chi connectivity index (χ4v) is 13.1. The van der Waals surface area contributed by atoms with Gasteiger partial charge in [0.1, 0.15) is 11.2 Å². The van der Waals surface area contributed by atoms with E-state index in [0.717, 1.165) is 50.1 Å². The minimum absolute atomic E-state index is 0.238. The van der Waals surface area contributed by atoms with Crippen molar-refractivity contribution in [2.75, 3.05) is 4.90 Å². The zero-order valence-electron chi connectivity index (χ0n) is 40.0. The summed E-state index contributed by atoms with van der Waals surface area (Å²) in [6.07, 6.45) is 0. The Bertz CT molecular complexity index is 4150. The lowest BCUT2D eigenvalue weighted by molar-refractivity contribution is 0.660. The van der Waals surface area contributed by atoms with E-state index in [4.69, 9.17) is 4.42 Å². The second-order valence-electron chi connectivity index (χ2n) is 20.3. The highest BCUT2D eigenvalue weighted by Gasteiger charge is 2.52. The van der Waals surface area contributed by atoms with Crippen LogP contribution in [0.2, 0.25) is 0 Å². The second-order valence-corrected chi connectivity index (χ2v) is 20.3. The van der Waals surface area contributed by atoms with Gasteiger partial charge in [-0.1, -0.05) is 220 Å². The first-order chi connectivity index (χ1) is 35.5. The summed E-state index contributed by atoms with van der Waals surface area (Å²) in [5.41, 5.74) is 27.3. The maximum absolute atomic E-state index is 6.57. The van der Waals surface area contributed by atoms with Gasteiger partial charge in [0.15, 0.2) is 0 Å². The third-order valence-corrected chi connectivity index (χ3v) is 16.3. The molecule has 1 spiro atoms. The third-order valence-electron chi connectivity index (χ3n) is 16.3. The molecule has 12 aromatic rings. The van der Waals surface area contributed by atoms with Gasteiger partial charge in [-0.05, 0) is 131 Å². The van der Waals surface area contributed by atoms with Crippen LogP contribution in [-0.4, -0.2) is 0 Å². The second kappa shape index (κ2) is 15.3. The van der Waals surface area contributed by atoms with Gasteiger partial charge in [0, 0.05) is 38.7 Å². The lowest BCUT2D eigenvalue weighted by Crippen LogP contribution is -2.25. The Hall–Kier alpha value is -8.98. The highest BCUT2D eigenvalue weighted by atomic mass is 16.3. The molecule has 338 valence electrons. The number of furan rings is 1. The predicted molar refractivity (Wildman–Crippen MR) is 299 cm³/mol. The van der Waals surface area contributed by atoms with Crippen molar-refractivity contribution in [3.8, 4) is 66.8 Å². The molecular formula is C70H47NO. The van der Waals surface area contributed by atoms with Crippen LogP contribution < -0.4 is 4.90 Å². The molecule has 0 bridgehead atoms. The molecule has 1 heterocycles. The van der Waals surface area contributed by atoms with E-state index in [-0.39, 0.29) is 5.41 Å². The lowest BCUT2D eigenvalue weighted by Gasteiger charge is -2.31. The number of anilines is 3. The van der Waals surface area contributed by atoms with E-state index in [9.17, 15) is 0 Å². The standard InChI is InChI=1S/C70H47NO/c1-69(2)63-42-46(44-18-4-3-5-19-44)36-40-52(63)53-41-39-48(43-64(53)69)71(47-37-34-45(35-38-47)49-25-16-27-57-55-23-10-15-33-66(55)72-68(49)57)65-32-14-9-22-54(65)56-26-17-31-62-67(56)58-24-8-13-30-61(58)70(62)59-28-11-6-20-50(59)51-21-7-12-29-60(51)70/h3-43H,1-2H3. The van der Waals surface area contributed by atoms with Crippen LogP contribution in [-0.2, 0) is 10.8 Å². The Kier molecular flexibility index (Phi) is 8.66. The van der Waals surface area contributed by atoms with Crippen molar-refractivity contribution in [1.82, 2.24) is 0 Å². The molecule has 0 saturated heterocycles. The molecule has 72 heavy (non-hydrogen) atoms. The summed E-state index contributed by atoms with van der Waals surface area (Å²) >= 11 is 0. The van der Waals surface area contributed by atoms with Crippen LogP contribution in [0, 0.1) is 0 Å². The molecule has 0 radical (unpaired) electrons. The quantitative estimate of drug-likeness (QED) is 0.165. The molecule has 2 nitrogen and oxygen atoms in total. The minimum Gasteiger partial charge on any atom is -0.455 e. The molecule has 11 aromatic carbocycles. The Morgan fingerprint density at radius 3 is 1.60 bits per heavy atom. The highest BCUT2D eigenvalue weighted by molar-refractivity contribution is 6.10. The Morgan fingerprint density at radius 1 is 0.319 bits per heavy atom. The maximum atomic E-state index is 6.57. The van der Waals surface area contributed by atoms with Crippen LogP contribution >= 0.6 is 0 Å². The van der Waals surface area contributed by atoms with Crippen LogP contribution in [0.25, 0.3) is 88.7 Å². The fraction of sp³-hybridized carbons (Fsp3) is 0.0571. The topological polar surface area (TPSA) is 16.4 Å². The molecule has 0 atom stereocenters. The Balaban J connectivity index is 0.932. The molecule has 0 fully saturated rings. The fourth-order valence-electron chi connectivity index (χ4n) is 13.1. The van der Waals surface area contributed by atoms with Crippen LogP contribution in [0.5, 0.6) is 0 Å². The van der Waals surface area contributed by atoms with Gasteiger partial charge in [-0.25, -0.2) is 0 Å². The van der Waals surface area contributed by atoms with Crippen LogP contribution in [0.4, 0.5) is 17.1 Å². The van der Waals surface area contributed by atoms with Crippen LogP contribution in [0.1, 0.15) is 47.2 Å². The summed E-state index contributed by atoms with van der Waals surface area (Å²) in [5, 5.41) is 2.26. The summed E-state index contributed by atoms with van der Waals surface area (Å²) in [5.74, 6) is 0. The summed E-state index contributed by atoms with van der Waals surface area (Å²) in [4.78, 5) is 2.49. The van der Waals surface area contributed by atoms with Crippen LogP contribution in [0.15, 0.2) is 253 Å². The predicted octanol–water partition coefficient (Wildman–Crippen LogP) is 18.7. The van der Waals surface area contributed by atoms with Gasteiger partial charge in [0.05, 0.1) is 11.1 Å². The number of para-hydroxylation sites is 3. The monoisotopic (exact) mass is 917 g/mol. The molecule has 0 unspecified atom stereocenters. The minimum atomic E-state index is -0.441. The van der Waals surface area contributed by atoms with Crippen molar-refractivity contribution in [1.29, 1.82) is 0 Å². The van der Waals surface area contributed by atoms with E-state index in [1.165, 1.54) is 89.0 Å². The molecular weight excluding hydrogens is 871 g/mol. The largest absolute Gasteiger partial charge is 0.455 e. The van der Waals surface area contributed by atoms with E-state index < -0.39 is 5.41 Å². The van der Waals surface area contributed by atoms with Crippen molar-refractivity contribution < 1.29 is 4.42 Å². The lowest BCUT2D eigenvalue weighted by atomic mass is 9.70. The summed E-state index contributed by atoms with van der Waals surface area (Å²) in [6, 6.07) is 92.2. The van der Waals surface area contributed by atoms with E-state index in [1.54, 1.807) is 0 Å². The van der Waals surface area contributed by atoms with E-state index >= 15 is 0 Å². The van der Waals surface area contributed by atoms with E-state index in [2.05, 4.69) is 261 Å². The number of benzene rings is 11. The van der Waals surface area contributed by atoms with Gasteiger partial charge in [0.2, 0.25) is 0 Å². The number of nitrogens with zero attached hydrogens (tertiary/aromatic N) is 1. The van der Waals surface area contributed by atoms with Gasteiger partial charge in [-0.3, -0.25) is 0 Å². The number of rotatable bonds is 6. The van der Waals surface area contributed by atoms with Gasteiger partial charge in [-0.2, -0.15) is 0 Å². The number of hydrogen-bond donors (Lipinski definition) is 0. The molecule has 1 aromatic heterocycles.